The van der Waals surface area contributed by atoms with E-state index in [1.165, 1.54) is 37.1 Å². The van der Waals surface area contributed by atoms with Crippen LogP contribution >= 0.6 is 0 Å². The molecule has 0 aromatic heterocycles. The summed E-state index contributed by atoms with van der Waals surface area (Å²) >= 11 is 0. The fraction of sp³-hybridized carbons (Fsp3) is 0.708. The molecule has 0 spiro atoms. The highest BCUT2D eigenvalue weighted by Crippen LogP contribution is 2.31. The second-order valence-corrected chi connectivity index (χ2v) is 9.10. The van der Waals surface area contributed by atoms with Gasteiger partial charge in [0.25, 0.3) is 0 Å². The normalized spacial score (nSPS) is 23.6. The van der Waals surface area contributed by atoms with Crippen molar-refractivity contribution in [2.45, 2.75) is 52.6 Å². The Morgan fingerprint density at radius 3 is 2.77 bits per heavy atom. The topological polar surface area (TPSA) is 69.1 Å². The molecule has 30 heavy (non-hydrogen) atoms. The zero-order valence-electron chi connectivity index (χ0n) is 18.8. The fourth-order valence-corrected chi connectivity index (χ4v) is 4.40. The van der Waals surface area contributed by atoms with Crippen molar-refractivity contribution >= 4 is 5.96 Å². The van der Waals surface area contributed by atoms with E-state index in [-0.39, 0.29) is 12.0 Å². The number of hydrogen-bond donors (Lipinski definition) is 3. The summed E-state index contributed by atoms with van der Waals surface area (Å²) in [6.45, 7) is 11.8. The summed E-state index contributed by atoms with van der Waals surface area (Å²) in [7, 11) is 0. The Morgan fingerprint density at radius 2 is 2.07 bits per heavy atom. The van der Waals surface area contributed by atoms with Crippen LogP contribution < -0.4 is 10.6 Å². The highest BCUT2D eigenvalue weighted by atomic mass is 16.5. The van der Waals surface area contributed by atoms with Crippen molar-refractivity contribution in [2.24, 2.45) is 16.3 Å². The molecule has 2 saturated heterocycles. The maximum absolute atomic E-state index is 9.44. The SMILES string of the molecule is CCNC(=NCc1cccc(CN2CCC(C)CC2)c1)NCC1(CCO)CCOC1. The van der Waals surface area contributed by atoms with Gasteiger partial charge in [-0.3, -0.25) is 4.90 Å². The van der Waals surface area contributed by atoms with Gasteiger partial charge in [-0.05, 0) is 62.7 Å². The molecule has 3 rings (SSSR count). The Balaban J connectivity index is 1.56. The first-order valence-electron chi connectivity index (χ1n) is 11.6. The molecule has 0 radical (unpaired) electrons. The van der Waals surface area contributed by atoms with Gasteiger partial charge in [0.1, 0.15) is 0 Å². The summed E-state index contributed by atoms with van der Waals surface area (Å²) in [6, 6.07) is 8.84. The number of nitrogens with one attached hydrogen (secondary N) is 2. The van der Waals surface area contributed by atoms with Crippen molar-refractivity contribution in [1.29, 1.82) is 0 Å². The van der Waals surface area contributed by atoms with Gasteiger partial charge in [0.15, 0.2) is 5.96 Å². The lowest BCUT2D eigenvalue weighted by Crippen LogP contribution is -2.44. The lowest BCUT2D eigenvalue weighted by molar-refractivity contribution is 0.127. The van der Waals surface area contributed by atoms with Crippen LogP contribution in [0.4, 0.5) is 0 Å². The van der Waals surface area contributed by atoms with Crippen molar-refractivity contribution in [3.63, 3.8) is 0 Å². The fourth-order valence-electron chi connectivity index (χ4n) is 4.40. The van der Waals surface area contributed by atoms with Gasteiger partial charge < -0.3 is 20.5 Å². The van der Waals surface area contributed by atoms with E-state index in [0.717, 1.165) is 51.0 Å². The standard InChI is InChI=1S/C24H40N4O2/c1-3-25-23(27-18-24(9-13-29)10-14-30-19-24)26-16-21-5-4-6-22(15-21)17-28-11-7-20(2)8-12-28/h4-6,15,20,29H,3,7-14,16-19H2,1-2H3,(H2,25,26,27). The molecule has 3 N–H and O–H groups in total. The number of piperidine rings is 1. The van der Waals surface area contributed by atoms with Crippen molar-refractivity contribution in [2.75, 3.05) is 46.0 Å². The molecule has 1 atom stereocenters. The summed E-state index contributed by atoms with van der Waals surface area (Å²) in [6.07, 6.45) is 4.36. The maximum Gasteiger partial charge on any atom is 0.191 e. The minimum atomic E-state index is 0.0107. The van der Waals surface area contributed by atoms with Crippen LogP contribution in [0, 0.1) is 11.3 Å². The Morgan fingerprint density at radius 1 is 1.27 bits per heavy atom. The molecule has 1 aromatic carbocycles. The number of ether oxygens (including phenoxy) is 1. The highest BCUT2D eigenvalue weighted by Gasteiger charge is 2.34. The molecule has 2 aliphatic rings. The van der Waals surface area contributed by atoms with Crippen molar-refractivity contribution < 1.29 is 9.84 Å². The van der Waals surface area contributed by atoms with Crippen molar-refractivity contribution in [1.82, 2.24) is 15.5 Å². The Bertz CT molecular complexity index is 665. The molecule has 1 aromatic rings. The summed E-state index contributed by atoms with van der Waals surface area (Å²) in [5.41, 5.74) is 2.63. The quantitative estimate of drug-likeness (QED) is 0.427. The molecule has 2 heterocycles. The Kier molecular flexibility index (Phi) is 8.97. The number of guanidine groups is 1. The number of likely N-dealkylation sites (tertiary alicyclic amines) is 1. The van der Waals surface area contributed by atoms with Gasteiger partial charge in [-0.2, -0.15) is 0 Å². The average molecular weight is 417 g/mol. The van der Waals surface area contributed by atoms with Gasteiger partial charge in [0, 0.05) is 38.3 Å². The summed E-state index contributed by atoms with van der Waals surface area (Å²) in [5, 5.41) is 16.3. The number of aliphatic hydroxyl groups excluding tert-OH is 1. The van der Waals surface area contributed by atoms with E-state index in [4.69, 9.17) is 9.73 Å². The van der Waals surface area contributed by atoms with E-state index < -0.39 is 0 Å². The molecule has 1 unspecified atom stereocenters. The maximum atomic E-state index is 9.44. The number of aliphatic hydroxyl groups is 1. The molecular formula is C24H40N4O2. The monoisotopic (exact) mass is 416 g/mol. The molecule has 168 valence electrons. The summed E-state index contributed by atoms with van der Waals surface area (Å²) in [4.78, 5) is 7.38. The molecule has 2 aliphatic heterocycles. The first-order chi connectivity index (χ1) is 14.6. The number of aliphatic imine (C=N–C) groups is 1. The van der Waals surface area contributed by atoms with Gasteiger partial charge in [0.2, 0.25) is 0 Å². The number of hydrogen-bond acceptors (Lipinski definition) is 4. The molecule has 6 heteroatoms. The minimum absolute atomic E-state index is 0.0107. The molecule has 2 fully saturated rings. The second kappa shape index (κ2) is 11.7. The predicted molar refractivity (Wildman–Crippen MR) is 123 cm³/mol. The minimum Gasteiger partial charge on any atom is -0.396 e. The molecule has 0 bridgehead atoms. The van der Waals surface area contributed by atoms with Crippen LogP contribution in [0.5, 0.6) is 0 Å². The van der Waals surface area contributed by atoms with E-state index in [2.05, 4.69) is 53.6 Å². The first kappa shape index (κ1) is 23.0. The lowest BCUT2D eigenvalue weighted by Gasteiger charge is -2.30. The van der Waals surface area contributed by atoms with Gasteiger partial charge >= 0.3 is 0 Å². The molecule has 0 amide bonds. The van der Waals surface area contributed by atoms with E-state index in [1.807, 2.05) is 0 Å². The van der Waals surface area contributed by atoms with E-state index in [0.29, 0.717) is 13.2 Å². The highest BCUT2D eigenvalue weighted by molar-refractivity contribution is 5.79. The second-order valence-electron chi connectivity index (χ2n) is 9.10. The van der Waals surface area contributed by atoms with Gasteiger partial charge in [-0.1, -0.05) is 31.2 Å². The zero-order chi connectivity index (χ0) is 21.2. The predicted octanol–water partition coefficient (Wildman–Crippen LogP) is 2.76. The first-order valence-corrected chi connectivity index (χ1v) is 11.6. The number of rotatable bonds is 9. The largest absolute Gasteiger partial charge is 0.396 e. The third-order valence-electron chi connectivity index (χ3n) is 6.50. The van der Waals surface area contributed by atoms with E-state index in [9.17, 15) is 5.11 Å². The lowest BCUT2D eigenvalue weighted by atomic mass is 9.84. The summed E-state index contributed by atoms with van der Waals surface area (Å²) < 4.78 is 5.60. The Labute approximate surface area is 182 Å². The van der Waals surface area contributed by atoms with Gasteiger partial charge in [-0.25, -0.2) is 4.99 Å². The van der Waals surface area contributed by atoms with E-state index >= 15 is 0 Å². The third-order valence-corrected chi connectivity index (χ3v) is 6.50. The molecule has 6 nitrogen and oxygen atoms in total. The zero-order valence-corrected chi connectivity index (χ0v) is 18.8. The van der Waals surface area contributed by atoms with Crippen LogP contribution in [0.2, 0.25) is 0 Å². The third kappa shape index (κ3) is 6.96. The van der Waals surface area contributed by atoms with Crippen LogP contribution in [0.15, 0.2) is 29.3 Å². The number of benzene rings is 1. The van der Waals surface area contributed by atoms with E-state index in [1.54, 1.807) is 0 Å². The molecule has 0 saturated carbocycles. The van der Waals surface area contributed by atoms with Crippen molar-refractivity contribution in [3.8, 4) is 0 Å². The van der Waals surface area contributed by atoms with Crippen LogP contribution in [-0.2, 0) is 17.8 Å². The van der Waals surface area contributed by atoms with Crippen LogP contribution in [0.1, 0.15) is 50.7 Å². The van der Waals surface area contributed by atoms with Crippen LogP contribution in [-0.4, -0.2) is 62.0 Å². The summed E-state index contributed by atoms with van der Waals surface area (Å²) in [5.74, 6) is 1.70. The molecular weight excluding hydrogens is 376 g/mol. The van der Waals surface area contributed by atoms with Gasteiger partial charge in [0.05, 0.1) is 13.2 Å². The Hall–Kier alpha value is -1.63. The number of nitrogens with zero attached hydrogens (tertiary/aromatic N) is 2. The van der Waals surface area contributed by atoms with Crippen LogP contribution in [0.25, 0.3) is 0 Å². The van der Waals surface area contributed by atoms with Crippen molar-refractivity contribution in [3.05, 3.63) is 35.4 Å². The van der Waals surface area contributed by atoms with Crippen LogP contribution in [0.3, 0.4) is 0 Å². The average Bonchev–Trinajstić information content (AvgIpc) is 3.21. The van der Waals surface area contributed by atoms with Gasteiger partial charge in [-0.15, -0.1) is 0 Å². The molecule has 0 aliphatic carbocycles. The smallest absolute Gasteiger partial charge is 0.191 e.